The van der Waals surface area contributed by atoms with E-state index in [0.29, 0.717) is 6.54 Å². The van der Waals surface area contributed by atoms with Crippen LogP contribution in [0.25, 0.3) is 0 Å². The van der Waals surface area contributed by atoms with E-state index in [1.807, 2.05) is 6.92 Å². The van der Waals surface area contributed by atoms with E-state index in [1.54, 1.807) is 0 Å². The van der Waals surface area contributed by atoms with Gasteiger partial charge in [0.05, 0.1) is 6.54 Å². The van der Waals surface area contributed by atoms with Crippen LogP contribution in [0.5, 0.6) is 0 Å². The van der Waals surface area contributed by atoms with E-state index in [-0.39, 0.29) is 3.97 Å². The number of alkyl halides is 3. The summed E-state index contributed by atoms with van der Waals surface area (Å²) < 4.78 is 60.0. The molecule has 1 rings (SSSR count). The quantitative estimate of drug-likeness (QED) is 0.762. The predicted octanol–water partition coefficient (Wildman–Crippen LogP) is 1.27. The van der Waals surface area contributed by atoms with Gasteiger partial charge in [-0.3, -0.25) is 0 Å². The van der Waals surface area contributed by atoms with Crippen molar-refractivity contribution in [1.29, 1.82) is 0 Å². The van der Waals surface area contributed by atoms with E-state index in [9.17, 15) is 21.6 Å². The van der Waals surface area contributed by atoms with Crippen LogP contribution in [0.15, 0.2) is 18.7 Å². The van der Waals surface area contributed by atoms with E-state index >= 15 is 0 Å². The lowest BCUT2D eigenvalue weighted by atomic mass is 10.3. The van der Waals surface area contributed by atoms with Crippen molar-refractivity contribution in [3.05, 3.63) is 18.7 Å². The molecule has 0 aliphatic heterocycles. The number of aryl methyl sites for hydroxylation is 1. The zero-order chi connectivity index (χ0) is 12.4. The fourth-order valence-corrected chi connectivity index (χ4v) is 1.81. The van der Waals surface area contributed by atoms with Crippen LogP contribution >= 0.6 is 0 Å². The molecule has 1 heterocycles. The Morgan fingerprint density at radius 1 is 1.38 bits per heavy atom. The number of hydrogen-bond acceptors (Lipinski definition) is 2. The summed E-state index contributed by atoms with van der Waals surface area (Å²) in [6.45, 7) is 2.43. The van der Waals surface area contributed by atoms with E-state index in [0.717, 1.165) is 25.4 Å². The van der Waals surface area contributed by atoms with Crippen LogP contribution in [0.4, 0.5) is 13.2 Å². The number of rotatable bonds is 4. The predicted molar refractivity (Wildman–Crippen MR) is 49.9 cm³/mol. The molecule has 0 radical (unpaired) electrons. The van der Waals surface area contributed by atoms with Gasteiger partial charge in [0.2, 0.25) is 0 Å². The van der Waals surface area contributed by atoms with Crippen molar-refractivity contribution in [2.24, 2.45) is 0 Å². The van der Waals surface area contributed by atoms with Gasteiger partial charge in [-0.05, 0) is 6.42 Å². The standard InChI is InChI=1S/C8H12F3N2O2S/c1-2-3-4-12-5-6-13(7-12)16(14,15)8(9,10)11/h5-7H,2-4H2,1H3/q+1. The molecule has 0 amide bonds. The minimum atomic E-state index is -5.28. The summed E-state index contributed by atoms with van der Waals surface area (Å²) in [6, 6.07) is 0. The lowest BCUT2D eigenvalue weighted by Crippen LogP contribution is -2.34. The average Bonchev–Trinajstić information content (AvgIpc) is 2.61. The molecule has 0 unspecified atom stereocenters. The topological polar surface area (TPSA) is 43.0 Å². The Kier molecular flexibility index (Phi) is 3.61. The second kappa shape index (κ2) is 4.44. The fourth-order valence-electron chi connectivity index (χ4n) is 1.11. The van der Waals surface area contributed by atoms with Crippen molar-refractivity contribution < 1.29 is 26.2 Å². The molecule has 0 N–H and O–H groups in total. The molecule has 0 spiro atoms. The van der Waals surface area contributed by atoms with Gasteiger partial charge < -0.3 is 0 Å². The van der Waals surface area contributed by atoms with Crippen LogP contribution in [-0.4, -0.2) is 17.9 Å². The summed E-state index contributed by atoms with van der Waals surface area (Å²) in [5.41, 5.74) is -5.27. The Labute approximate surface area is 91.4 Å². The van der Waals surface area contributed by atoms with E-state index in [2.05, 4.69) is 0 Å². The van der Waals surface area contributed by atoms with Crippen molar-refractivity contribution in [2.75, 3.05) is 0 Å². The third kappa shape index (κ3) is 2.55. The lowest BCUT2D eigenvalue weighted by molar-refractivity contribution is -0.696. The highest BCUT2D eigenvalue weighted by atomic mass is 32.2. The first-order valence-corrected chi connectivity index (χ1v) is 6.12. The van der Waals surface area contributed by atoms with E-state index in [1.165, 1.54) is 10.8 Å². The Bertz CT molecular complexity index is 450. The van der Waals surface area contributed by atoms with Gasteiger partial charge in [0, 0.05) is 0 Å². The van der Waals surface area contributed by atoms with Crippen molar-refractivity contribution in [2.45, 2.75) is 31.8 Å². The van der Waals surface area contributed by atoms with Crippen LogP contribution in [-0.2, 0) is 16.6 Å². The van der Waals surface area contributed by atoms with Gasteiger partial charge in [0.1, 0.15) is 12.4 Å². The van der Waals surface area contributed by atoms with Gasteiger partial charge in [-0.15, -0.1) is 3.97 Å². The summed E-state index contributed by atoms with van der Waals surface area (Å²) in [7, 11) is -5.28. The maximum absolute atomic E-state index is 12.2. The molecular weight excluding hydrogens is 245 g/mol. The lowest BCUT2D eigenvalue weighted by Gasteiger charge is -2.02. The summed E-state index contributed by atoms with van der Waals surface area (Å²) in [6.07, 6.45) is 4.78. The number of hydrogen-bond donors (Lipinski definition) is 0. The Balaban J connectivity index is 2.94. The maximum Gasteiger partial charge on any atom is 0.537 e. The van der Waals surface area contributed by atoms with Crippen LogP contribution in [0.1, 0.15) is 19.8 Å². The second-order valence-electron chi connectivity index (χ2n) is 3.29. The molecule has 92 valence electrons. The number of nitrogens with zero attached hydrogens (tertiary/aromatic N) is 2. The monoisotopic (exact) mass is 257 g/mol. The molecule has 0 aliphatic carbocycles. The molecule has 1 aromatic rings. The molecule has 1 aromatic heterocycles. The van der Waals surface area contributed by atoms with Crippen LogP contribution in [0, 0.1) is 0 Å². The highest BCUT2D eigenvalue weighted by Crippen LogP contribution is 2.24. The summed E-state index contributed by atoms with van der Waals surface area (Å²) in [5, 5.41) is 0. The van der Waals surface area contributed by atoms with Crippen molar-refractivity contribution in [3.8, 4) is 0 Å². The molecule has 0 aliphatic rings. The third-order valence-corrected chi connectivity index (χ3v) is 3.36. The molecule has 0 saturated heterocycles. The van der Waals surface area contributed by atoms with Crippen molar-refractivity contribution in [3.63, 3.8) is 0 Å². The highest BCUT2D eigenvalue weighted by Gasteiger charge is 2.51. The smallest absolute Gasteiger partial charge is 0.236 e. The van der Waals surface area contributed by atoms with E-state index in [4.69, 9.17) is 0 Å². The Morgan fingerprint density at radius 3 is 2.50 bits per heavy atom. The fraction of sp³-hybridized carbons (Fsp3) is 0.625. The van der Waals surface area contributed by atoms with Gasteiger partial charge in [0.15, 0.2) is 0 Å². The largest absolute Gasteiger partial charge is 0.537 e. The third-order valence-electron chi connectivity index (χ3n) is 2.01. The number of unbranched alkanes of at least 4 members (excludes halogenated alkanes) is 1. The van der Waals surface area contributed by atoms with Gasteiger partial charge in [-0.2, -0.15) is 21.6 Å². The average molecular weight is 257 g/mol. The number of imidazole rings is 1. The summed E-state index contributed by atoms with van der Waals surface area (Å²) in [4.78, 5) is 0. The number of aromatic nitrogens is 2. The first kappa shape index (κ1) is 13.0. The van der Waals surface area contributed by atoms with Crippen LogP contribution in [0.2, 0.25) is 0 Å². The molecule has 8 heteroatoms. The molecular formula is C8H12F3N2O2S+. The molecule has 0 fully saturated rings. The van der Waals surface area contributed by atoms with Gasteiger partial charge in [0.25, 0.3) is 6.33 Å². The minimum absolute atomic E-state index is 0.183. The van der Waals surface area contributed by atoms with Crippen molar-refractivity contribution in [1.82, 2.24) is 3.97 Å². The molecule has 16 heavy (non-hydrogen) atoms. The van der Waals surface area contributed by atoms with Crippen LogP contribution < -0.4 is 4.57 Å². The number of halogens is 3. The Hall–Kier alpha value is -1.05. The highest BCUT2D eigenvalue weighted by molar-refractivity contribution is 7.90. The summed E-state index contributed by atoms with van der Waals surface area (Å²) >= 11 is 0. The molecule has 4 nitrogen and oxygen atoms in total. The summed E-state index contributed by atoms with van der Waals surface area (Å²) in [5.74, 6) is 0. The molecule has 0 bridgehead atoms. The van der Waals surface area contributed by atoms with Gasteiger partial charge >= 0.3 is 15.5 Å². The first-order valence-electron chi connectivity index (χ1n) is 4.68. The minimum Gasteiger partial charge on any atom is -0.236 e. The van der Waals surface area contributed by atoms with Crippen LogP contribution in [0.3, 0.4) is 0 Å². The molecule has 0 atom stereocenters. The van der Waals surface area contributed by atoms with E-state index < -0.39 is 15.5 Å². The molecule has 0 aromatic carbocycles. The molecule has 0 saturated carbocycles. The zero-order valence-electron chi connectivity index (χ0n) is 8.61. The zero-order valence-corrected chi connectivity index (χ0v) is 9.42. The van der Waals surface area contributed by atoms with Gasteiger partial charge in [-0.25, -0.2) is 4.57 Å². The maximum atomic E-state index is 12.2. The second-order valence-corrected chi connectivity index (χ2v) is 5.12. The Morgan fingerprint density at radius 2 is 2.00 bits per heavy atom. The first-order chi connectivity index (χ1) is 7.29. The SMILES string of the molecule is CCCC[n+]1ccn(S(=O)(=O)C(F)(F)F)c1. The normalized spacial score (nSPS) is 13.0. The van der Waals surface area contributed by atoms with Gasteiger partial charge in [-0.1, -0.05) is 13.3 Å². The van der Waals surface area contributed by atoms with Crippen molar-refractivity contribution >= 4 is 10.0 Å².